The van der Waals surface area contributed by atoms with Gasteiger partial charge < -0.3 is 0 Å². The van der Waals surface area contributed by atoms with Gasteiger partial charge >= 0.3 is 0 Å². The van der Waals surface area contributed by atoms with E-state index < -0.39 is 0 Å². The lowest BCUT2D eigenvalue weighted by molar-refractivity contribution is -0.901. The largest absolute Gasteiger partial charge is 0.219 e. The second-order valence-corrected chi connectivity index (χ2v) is 1.65. The third kappa shape index (κ3) is 23.0. The van der Waals surface area contributed by atoms with Crippen molar-refractivity contribution in [1.82, 2.24) is 0 Å². The Morgan fingerprint density at radius 1 is 0.192 bits per heavy atom. The van der Waals surface area contributed by atoms with Crippen LogP contribution >= 0.6 is 0 Å². The van der Waals surface area contributed by atoms with Crippen molar-refractivity contribution in [2.75, 3.05) is 0 Å². The molecule has 0 spiro atoms. The monoisotopic (exact) mass is 418 g/mol. The third-order valence-corrected chi connectivity index (χ3v) is 0.644. The maximum absolute atomic E-state index is 7.51. The Labute approximate surface area is 133 Å². The molecule has 0 aromatic rings. The molecule has 0 aliphatic carbocycles. The highest BCUT2D eigenvalue weighted by atomic mass is 18.0. The van der Waals surface area contributed by atoms with E-state index in [4.69, 9.17) is 10.5 Å². The Morgan fingerprint density at radius 2 is 0.308 bits per heavy atom. The molecule has 2 N–H and O–H groups in total. The molecule has 0 heterocycles. The molecule has 0 bridgehead atoms. The van der Waals surface area contributed by atoms with Crippen molar-refractivity contribution in [3.63, 3.8) is 0 Å². The maximum Gasteiger partial charge on any atom is 0 e. The fourth-order valence-corrected chi connectivity index (χ4v) is 0.252. The molecule has 0 aliphatic heterocycles. The van der Waals surface area contributed by atoms with E-state index in [0.717, 1.165) is 0 Å². The van der Waals surface area contributed by atoms with E-state index in [1.54, 1.807) is 0 Å². The molecule has 0 radical (unpaired) electrons. The molecule has 0 rings (SSSR count). The van der Waals surface area contributed by atoms with Gasteiger partial charge in [0, 0.05) is 40.3 Å². The molecule has 158 valence electrons. The minimum Gasteiger partial charge on any atom is -0.219 e. The molecule has 0 aromatic carbocycles. The fourth-order valence-electron chi connectivity index (χ4n) is 0.252. The van der Waals surface area contributed by atoms with Gasteiger partial charge in [-0.25, -0.2) is 10.5 Å². The molecule has 0 unspecified atom stereocenters. The number of rotatable bonds is 23. The predicted octanol–water partition coefficient (Wildman–Crippen LogP) is -1.62. The summed E-state index contributed by atoms with van der Waals surface area (Å²) in [5.41, 5.74) is 0. The molecule has 0 fully saturated rings. The van der Waals surface area contributed by atoms with E-state index >= 15 is 0 Å². The molecule has 0 saturated heterocycles. The van der Waals surface area contributed by atoms with Gasteiger partial charge in [-0.1, -0.05) is 0 Å². The number of hydrogen-bond acceptors (Lipinski definition) is 26. The summed E-state index contributed by atoms with van der Waals surface area (Å²) >= 11 is 0. The van der Waals surface area contributed by atoms with Crippen LogP contribution in [0, 0.1) is 0 Å². The molecule has 26 nitrogen and oxygen atoms in total. The van der Waals surface area contributed by atoms with Crippen LogP contribution in [0.2, 0.25) is 0 Å². The van der Waals surface area contributed by atoms with Gasteiger partial charge in [-0.3, -0.25) is 0 Å². The van der Waals surface area contributed by atoms with E-state index in [-0.39, 0.29) is 0 Å². The van der Waals surface area contributed by atoms with Crippen LogP contribution < -0.4 is 0 Å². The topological polar surface area (TPSA) is 262 Å². The van der Waals surface area contributed by atoms with Crippen molar-refractivity contribution in [2.24, 2.45) is 0 Å². The first-order chi connectivity index (χ1) is 12.9. The van der Waals surface area contributed by atoms with Crippen LogP contribution in [0.25, 0.3) is 0 Å². The molecule has 0 aromatic heterocycles. The lowest BCUT2D eigenvalue weighted by Crippen LogP contribution is -2.05. The summed E-state index contributed by atoms with van der Waals surface area (Å²) in [6.07, 6.45) is 0. The minimum atomic E-state index is 2.87. The van der Waals surface area contributed by atoms with Crippen molar-refractivity contribution >= 4 is 0 Å². The van der Waals surface area contributed by atoms with Crippen LogP contribution in [0.3, 0.4) is 0 Å². The van der Waals surface area contributed by atoms with Gasteiger partial charge in [-0.05, 0) is 80.6 Å². The summed E-state index contributed by atoms with van der Waals surface area (Å²) in [5, 5.41) is 96.0. The normalized spacial score (nSPS) is 11.3. The molecule has 26 heteroatoms. The number of hydrogen-bond donors (Lipinski definition) is 2. The molecule has 0 amide bonds. The summed E-state index contributed by atoms with van der Waals surface area (Å²) in [6.45, 7) is 0. The van der Waals surface area contributed by atoms with E-state index in [2.05, 4.69) is 121 Å². The molecule has 26 heavy (non-hydrogen) atoms. The second-order valence-electron chi connectivity index (χ2n) is 1.65. The molecule has 0 saturated carbocycles. The van der Waals surface area contributed by atoms with Crippen LogP contribution in [0.5, 0.6) is 0 Å². The van der Waals surface area contributed by atoms with Crippen molar-refractivity contribution in [2.45, 2.75) is 0 Å². The standard InChI is InChI=1S/H2O26/c1-3-5-7-9-11-13-15-17-19-21-23-25-26-24-22-20-18-16-14-12-10-8-6-4-2/h1-2H. The van der Waals surface area contributed by atoms with Gasteiger partial charge in [0.2, 0.25) is 0 Å². The van der Waals surface area contributed by atoms with Gasteiger partial charge in [0.1, 0.15) is 0 Å². The first-order valence-electron chi connectivity index (χ1n) is 4.20. The van der Waals surface area contributed by atoms with Gasteiger partial charge in [0.15, 0.2) is 0 Å². The Morgan fingerprint density at radius 3 is 0.423 bits per heavy atom. The van der Waals surface area contributed by atoms with Crippen molar-refractivity contribution in [3.05, 3.63) is 0 Å². The van der Waals surface area contributed by atoms with Crippen molar-refractivity contribution in [3.8, 4) is 0 Å². The quantitative estimate of drug-likeness (QED) is 0.107. The van der Waals surface area contributed by atoms with Crippen LogP contribution in [0.15, 0.2) is 0 Å². The van der Waals surface area contributed by atoms with E-state index in [1.165, 1.54) is 0 Å². The summed E-state index contributed by atoms with van der Waals surface area (Å²) < 4.78 is 0. The predicted molar refractivity (Wildman–Crippen MR) is 31.3 cm³/mol. The van der Waals surface area contributed by atoms with Crippen molar-refractivity contribution in [1.29, 1.82) is 0 Å². The lowest BCUT2D eigenvalue weighted by Gasteiger charge is -1.99. The average molecular weight is 418 g/mol. The zero-order valence-corrected chi connectivity index (χ0v) is 10.7. The van der Waals surface area contributed by atoms with Crippen LogP contribution in [0.4, 0.5) is 0 Å². The summed E-state index contributed by atoms with van der Waals surface area (Å²) in [4.78, 5) is 0. The van der Waals surface area contributed by atoms with Gasteiger partial charge in [0.05, 0.1) is 0 Å². The van der Waals surface area contributed by atoms with Gasteiger partial charge in [-0.15, -0.1) is 0 Å². The van der Waals surface area contributed by atoms with Crippen LogP contribution in [-0.4, -0.2) is 10.5 Å². The highest BCUT2D eigenvalue weighted by molar-refractivity contribution is 3.09. The highest BCUT2D eigenvalue weighted by Gasteiger charge is 2.00. The molecular formula is H2O26. The van der Waals surface area contributed by atoms with E-state index in [0.29, 0.717) is 0 Å². The molecular weight excluding hydrogens is 416 g/mol. The summed E-state index contributed by atoms with van der Waals surface area (Å²) in [7, 11) is 0. The van der Waals surface area contributed by atoms with Gasteiger partial charge in [0.25, 0.3) is 0 Å². The zero-order valence-electron chi connectivity index (χ0n) is 10.7. The molecule has 0 aliphatic rings. The van der Waals surface area contributed by atoms with Crippen LogP contribution in [0.1, 0.15) is 0 Å². The average Bonchev–Trinajstić information content (AvgIpc) is 2.66. The third-order valence-electron chi connectivity index (χ3n) is 0.644. The Balaban J connectivity index is 2.95. The SMILES string of the molecule is OOOOOOOOOOOOOOOOOOOOOOOOOO. The van der Waals surface area contributed by atoms with E-state index in [1.807, 2.05) is 0 Å². The Kier molecular flexibility index (Phi) is 23.0. The summed E-state index contributed by atoms with van der Waals surface area (Å²) in [5.74, 6) is 0. The minimum absolute atomic E-state index is 2.87. The first-order valence-corrected chi connectivity index (χ1v) is 4.20. The lowest BCUT2D eigenvalue weighted by atomic mass is 14.0. The van der Waals surface area contributed by atoms with Crippen LogP contribution in [-0.2, 0) is 121 Å². The smallest absolute Gasteiger partial charge is 0 e. The first kappa shape index (κ1) is 25.0. The molecule has 0 atom stereocenters. The fraction of sp³-hybridized carbons (Fsp3) is 0. The van der Waals surface area contributed by atoms with Gasteiger partial charge in [-0.2, -0.15) is 0 Å². The van der Waals surface area contributed by atoms with Crippen molar-refractivity contribution < 1.29 is 131 Å². The Hall–Kier alpha value is -1.04. The Bertz CT molecular complexity index is 196. The second kappa shape index (κ2) is 24.0. The highest BCUT2D eigenvalue weighted by Crippen LogP contribution is 1.94. The zero-order chi connectivity index (χ0) is 19.0. The van der Waals surface area contributed by atoms with E-state index in [9.17, 15) is 0 Å². The summed E-state index contributed by atoms with van der Waals surface area (Å²) in [6, 6.07) is 0. The maximum atomic E-state index is 7.51.